The molecule has 0 spiro atoms. The standard InChI is InChI=1S/C8H9NO3/c1-3-7(11)9(5-6-10)8(12)4-2/h3-4,6H,1-2,5H2. The van der Waals surface area contributed by atoms with E-state index >= 15 is 0 Å². The van der Waals surface area contributed by atoms with Gasteiger partial charge in [0.1, 0.15) is 6.29 Å². The van der Waals surface area contributed by atoms with E-state index in [0.29, 0.717) is 6.29 Å². The van der Waals surface area contributed by atoms with Gasteiger partial charge in [-0.2, -0.15) is 0 Å². The molecule has 2 amide bonds. The van der Waals surface area contributed by atoms with Crippen molar-refractivity contribution in [2.75, 3.05) is 6.54 Å². The second-order valence-corrected chi connectivity index (χ2v) is 1.86. The number of rotatable bonds is 4. The summed E-state index contributed by atoms with van der Waals surface area (Å²) in [6.07, 6.45) is 2.39. The second-order valence-electron chi connectivity index (χ2n) is 1.86. The van der Waals surface area contributed by atoms with Crippen molar-refractivity contribution in [3.05, 3.63) is 25.3 Å². The Kier molecular flexibility index (Phi) is 4.30. The minimum atomic E-state index is -0.605. The number of hydrogen-bond acceptors (Lipinski definition) is 3. The maximum atomic E-state index is 10.9. The smallest absolute Gasteiger partial charge is 0.253 e. The lowest BCUT2D eigenvalue weighted by molar-refractivity contribution is -0.140. The third kappa shape index (κ3) is 2.49. The van der Waals surface area contributed by atoms with Crippen LogP contribution in [0.1, 0.15) is 0 Å². The Morgan fingerprint density at radius 2 is 1.58 bits per heavy atom. The fourth-order valence-corrected chi connectivity index (χ4v) is 0.583. The van der Waals surface area contributed by atoms with Crippen molar-refractivity contribution in [2.24, 2.45) is 0 Å². The van der Waals surface area contributed by atoms with Crippen LogP contribution in [0.25, 0.3) is 0 Å². The molecule has 0 aromatic heterocycles. The zero-order valence-corrected chi connectivity index (χ0v) is 6.53. The molecule has 0 aliphatic heterocycles. The van der Waals surface area contributed by atoms with E-state index in [-0.39, 0.29) is 6.54 Å². The number of amides is 2. The van der Waals surface area contributed by atoms with Crippen LogP contribution in [0.3, 0.4) is 0 Å². The van der Waals surface area contributed by atoms with E-state index in [9.17, 15) is 14.4 Å². The summed E-state index contributed by atoms with van der Waals surface area (Å²) >= 11 is 0. The molecule has 0 heterocycles. The first-order chi connectivity index (χ1) is 5.67. The molecule has 0 N–H and O–H groups in total. The van der Waals surface area contributed by atoms with Gasteiger partial charge in [0.25, 0.3) is 11.8 Å². The Morgan fingerprint density at radius 3 is 1.83 bits per heavy atom. The average Bonchev–Trinajstić information content (AvgIpc) is 2.11. The minimum absolute atomic E-state index is 0.268. The van der Waals surface area contributed by atoms with E-state index < -0.39 is 11.8 Å². The fourth-order valence-electron chi connectivity index (χ4n) is 0.583. The first kappa shape index (κ1) is 10.3. The van der Waals surface area contributed by atoms with Crippen LogP contribution in [0.5, 0.6) is 0 Å². The van der Waals surface area contributed by atoms with Crippen molar-refractivity contribution in [3.63, 3.8) is 0 Å². The Bertz CT molecular complexity index is 212. The topological polar surface area (TPSA) is 54.5 Å². The highest BCUT2D eigenvalue weighted by molar-refractivity contribution is 6.05. The molecule has 0 bridgehead atoms. The summed E-state index contributed by atoms with van der Waals surface area (Å²) in [5, 5.41) is 0. The summed E-state index contributed by atoms with van der Waals surface area (Å²) in [7, 11) is 0. The SMILES string of the molecule is C=CC(=O)N(CC=O)C(=O)C=C. The first-order valence-corrected chi connectivity index (χ1v) is 3.21. The number of nitrogens with zero attached hydrogens (tertiary/aromatic N) is 1. The molecule has 0 aromatic rings. The van der Waals surface area contributed by atoms with Gasteiger partial charge in [-0.1, -0.05) is 13.2 Å². The highest BCUT2D eigenvalue weighted by atomic mass is 16.2. The van der Waals surface area contributed by atoms with E-state index in [1.54, 1.807) is 0 Å². The van der Waals surface area contributed by atoms with Gasteiger partial charge in [0.2, 0.25) is 0 Å². The predicted molar refractivity (Wildman–Crippen MR) is 43.2 cm³/mol. The van der Waals surface area contributed by atoms with Crippen LogP contribution in [0.15, 0.2) is 25.3 Å². The molecule has 4 heteroatoms. The minimum Gasteiger partial charge on any atom is -0.301 e. The molecule has 0 aliphatic rings. The van der Waals surface area contributed by atoms with Crippen molar-refractivity contribution in [1.29, 1.82) is 0 Å². The Morgan fingerprint density at radius 1 is 1.17 bits per heavy atom. The molecule has 0 rings (SSSR count). The van der Waals surface area contributed by atoms with Crippen LogP contribution in [-0.4, -0.2) is 29.5 Å². The van der Waals surface area contributed by atoms with Crippen molar-refractivity contribution >= 4 is 18.1 Å². The molecule has 4 nitrogen and oxygen atoms in total. The number of carbonyl (C=O) groups excluding carboxylic acids is 3. The zero-order valence-electron chi connectivity index (χ0n) is 6.53. The normalized spacial score (nSPS) is 8.33. The van der Waals surface area contributed by atoms with Gasteiger partial charge in [-0.05, 0) is 12.2 Å². The van der Waals surface area contributed by atoms with Gasteiger partial charge in [-0.15, -0.1) is 0 Å². The summed E-state index contributed by atoms with van der Waals surface area (Å²) in [6, 6.07) is 0. The maximum Gasteiger partial charge on any atom is 0.253 e. The quantitative estimate of drug-likeness (QED) is 0.434. The molecule has 0 saturated heterocycles. The second kappa shape index (κ2) is 5.01. The highest BCUT2D eigenvalue weighted by Crippen LogP contribution is 1.91. The summed E-state index contributed by atoms with van der Waals surface area (Å²) in [4.78, 5) is 32.5. The van der Waals surface area contributed by atoms with Crippen LogP contribution in [0, 0.1) is 0 Å². The molecule has 12 heavy (non-hydrogen) atoms. The van der Waals surface area contributed by atoms with Crippen molar-refractivity contribution in [2.45, 2.75) is 0 Å². The number of aldehydes is 1. The molecule has 0 unspecified atom stereocenters. The molecular weight excluding hydrogens is 158 g/mol. The number of imide groups is 1. The van der Waals surface area contributed by atoms with Gasteiger partial charge in [0, 0.05) is 0 Å². The van der Waals surface area contributed by atoms with Crippen molar-refractivity contribution in [1.82, 2.24) is 4.90 Å². The monoisotopic (exact) mass is 167 g/mol. The van der Waals surface area contributed by atoms with E-state index in [0.717, 1.165) is 17.1 Å². The number of hydrogen-bond donors (Lipinski definition) is 0. The highest BCUT2D eigenvalue weighted by Gasteiger charge is 2.14. The summed E-state index contributed by atoms with van der Waals surface area (Å²) in [5.41, 5.74) is 0. The molecule has 0 atom stereocenters. The zero-order chi connectivity index (χ0) is 9.56. The first-order valence-electron chi connectivity index (χ1n) is 3.21. The van der Waals surface area contributed by atoms with E-state index in [4.69, 9.17) is 0 Å². The van der Waals surface area contributed by atoms with Gasteiger partial charge in [0.15, 0.2) is 0 Å². The molecule has 0 aliphatic carbocycles. The third-order valence-corrected chi connectivity index (χ3v) is 1.14. The lowest BCUT2D eigenvalue weighted by Crippen LogP contribution is -2.35. The van der Waals surface area contributed by atoms with E-state index in [2.05, 4.69) is 13.2 Å². The maximum absolute atomic E-state index is 10.9. The Labute approximate surface area is 70.2 Å². The lowest BCUT2D eigenvalue weighted by Gasteiger charge is -2.12. The summed E-state index contributed by atoms with van der Waals surface area (Å²) < 4.78 is 0. The average molecular weight is 167 g/mol. The predicted octanol–water partition coefficient (Wildman–Crippen LogP) is -0.0875. The van der Waals surface area contributed by atoms with Gasteiger partial charge in [-0.3, -0.25) is 14.5 Å². The summed E-state index contributed by atoms with van der Waals surface area (Å²) in [5.74, 6) is -1.21. The Balaban J connectivity index is 4.51. The van der Waals surface area contributed by atoms with Crippen LogP contribution < -0.4 is 0 Å². The molecule has 0 radical (unpaired) electrons. The van der Waals surface area contributed by atoms with E-state index in [1.807, 2.05) is 0 Å². The van der Waals surface area contributed by atoms with Gasteiger partial charge >= 0.3 is 0 Å². The lowest BCUT2D eigenvalue weighted by atomic mass is 10.4. The summed E-state index contributed by atoms with van der Waals surface area (Å²) in [6.45, 7) is 6.11. The van der Waals surface area contributed by atoms with Crippen LogP contribution in [-0.2, 0) is 14.4 Å². The van der Waals surface area contributed by atoms with Crippen molar-refractivity contribution < 1.29 is 14.4 Å². The van der Waals surface area contributed by atoms with E-state index in [1.165, 1.54) is 0 Å². The van der Waals surface area contributed by atoms with Crippen molar-refractivity contribution in [3.8, 4) is 0 Å². The molecule has 64 valence electrons. The van der Waals surface area contributed by atoms with Gasteiger partial charge < -0.3 is 4.79 Å². The molecule has 0 aromatic carbocycles. The molecular formula is C8H9NO3. The molecule has 0 fully saturated rings. The van der Waals surface area contributed by atoms with Crippen LogP contribution >= 0.6 is 0 Å². The van der Waals surface area contributed by atoms with Crippen LogP contribution in [0.4, 0.5) is 0 Å². The van der Waals surface area contributed by atoms with Gasteiger partial charge in [0.05, 0.1) is 6.54 Å². The van der Waals surface area contributed by atoms with Crippen LogP contribution in [0.2, 0.25) is 0 Å². The number of carbonyl (C=O) groups is 3. The molecule has 0 saturated carbocycles. The third-order valence-electron chi connectivity index (χ3n) is 1.14. The Hall–Kier alpha value is -1.71. The van der Waals surface area contributed by atoms with Gasteiger partial charge in [-0.25, -0.2) is 0 Å². The largest absolute Gasteiger partial charge is 0.301 e. The fraction of sp³-hybridized carbons (Fsp3) is 0.125.